The quantitative estimate of drug-likeness (QED) is 0.896. The van der Waals surface area contributed by atoms with Gasteiger partial charge in [-0.25, -0.2) is 4.79 Å². The van der Waals surface area contributed by atoms with Crippen LogP contribution in [0.5, 0.6) is 0 Å². The van der Waals surface area contributed by atoms with Crippen molar-refractivity contribution >= 4 is 5.69 Å². The first-order valence-corrected chi connectivity index (χ1v) is 6.66. The van der Waals surface area contributed by atoms with Crippen molar-refractivity contribution in [3.8, 4) is 0 Å². The number of anilines is 1. The summed E-state index contributed by atoms with van der Waals surface area (Å²) in [5, 5.41) is 3.33. The maximum Gasteiger partial charge on any atom is 0.328 e. The smallest absolute Gasteiger partial charge is 0.328 e. The van der Waals surface area contributed by atoms with Gasteiger partial charge in [-0.2, -0.15) is 0 Å². The molecule has 0 atom stereocenters. The van der Waals surface area contributed by atoms with Gasteiger partial charge < -0.3 is 5.32 Å². The Morgan fingerprint density at radius 2 is 2.05 bits per heavy atom. The van der Waals surface area contributed by atoms with Gasteiger partial charge in [0.05, 0.1) is 0 Å². The van der Waals surface area contributed by atoms with Crippen molar-refractivity contribution < 1.29 is 0 Å². The monoisotopic (exact) mass is 259 g/mol. The maximum atomic E-state index is 12.0. The van der Waals surface area contributed by atoms with Crippen molar-refractivity contribution in [1.29, 1.82) is 0 Å². The van der Waals surface area contributed by atoms with Gasteiger partial charge in [0.15, 0.2) is 0 Å². The van der Waals surface area contributed by atoms with Crippen LogP contribution in [0.1, 0.15) is 25.5 Å². The standard InChI is InChI=1S/C15H21N3O/c1-12(2)18-10-9-17(15(18)19)8-7-16-14-6-4-5-13(3)11-14/h4-6,9-12,16H,7-8H2,1-3H3. The Kier molecular flexibility index (Phi) is 4.10. The molecule has 2 rings (SSSR count). The highest BCUT2D eigenvalue weighted by molar-refractivity contribution is 5.45. The number of nitrogens with zero attached hydrogens (tertiary/aromatic N) is 2. The second-order valence-electron chi connectivity index (χ2n) is 5.07. The molecule has 0 unspecified atom stereocenters. The molecular weight excluding hydrogens is 238 g/mol. The lowest BCUT2D eigenvalue weighted by Gasteiger charge is -2.08. The number of imidazole rings is 1. The zero-order valence-electron chi connectivity index (χ0n) is 11.8. The summed E-state index contributed by atoms with van der Waals surface area (Å²) in [4.78, 5) is 12.0. The van der Waals surface area contributed by atoms with E-state index in [1.807, 2.05) is 38.4 Å². The summed E-state index contributed by atoms with van der Waals surface area (Å²) in [5.41, 5.74) is 2.38. The molecule has 19 heavy (non-hydrogen) atoms. The van der Waals surface area contributed by atoms with Gasteiger partial charge in [0.2, 0.25) is 0 Å². The lowest BCUT2D eigenvalue weighted by Crippen LogP contribution is -2.27. The molecule has 102 valence electrons. The van der Waals surface area contributed by atoms with Crippen LogP contribution in [0.2, 0.25) is 0 Å². The van der Waals surface area contributed by atoms with E-state index in [0.29, 0.717) is 6.54 Å². The Balaban J connectivity index is 1.95. The van der Waals surface area contributed by atoms with E-state index in [-0.39, 0.29) is 11.7 Å². The van der Waals surface area contributed by atoms with Crippen LogP contribution in [0.4, 0.5) is 5.69 Å². The molecular formula is C15H21N3O. The van der Waals surface area contributed by atoms with E-state index in [1.54, 1.807) is 9.13 Å². The van der Waals surface area contributed by atoms with E-state index in [4.69, 9.17) is 0 Å². The molecule has 0 aliphatic rings. The maximum absolute atomic E-state index is 12.0. The molecule has 1 N–H and O–H groups in total. The summed E-state index contributed by atoms with van der Waals surface area (Å²) >= 11 is 0. The zero-order valence-corrected chi connectivity index (χ0v) is 11.8. The fourth-order valence-corrected chi connectivity index (χ4v) is 2.07. The van der Waals surface area contributed by atoms with Crippen LogP contribution in [0.25, 0.3) is 0 Å². The predicted molar refractivity (Wildman–Crippen MR) is 78.7 cm³/mol. The lowest BCUT2D eigenvalue weighted by atomic mass is 10.2. The number of rotatable bonds is 5. The summed E-state index contributed by atoms with van der Waals surface area (Å²) in [6, 6.07) is 8.44. The van der Waals surface area contributed by atoms with Crippen molar-refractivity contribution in [2.75, 3.05) is 11.9 Å². The van der Waals surface area contributed by atoms with Gasteiger partial charge in [-0.15, -0.1) is 0 Å². The fourth-order valence-electron chi connectivity index (χ4n) is 2.07. The van der Waals surface area contributed by atoms with Gasteiger partial charge in [-0.1, -0.05) is 12.1 Å². The first kappa shape index (κ1) is 13.5. The number of hydrogen-bond donors (Lipinski definition) is 1. The van der Waals surface area contributed by atoms with Crippen LogP contribution < -0.4 is 11.0 Å². The van der Waals surface area contributed by atoms with Gasteiger partial charge in [0.1, 0.15) is 0 Å². The number of aryl methyl sites for hydroxylation is 1. The van der Waals surface area contributed by atoms with E-state index in [0.717, 1.165) is 12.2 Å². The number of hydrogen-bond acceptors (Lipinski definition) is 2. The number of benzene rings is 1. The molecule has 4 heteroatoms. The van der Waals surface area contributed by atoms with E-state index in [1.165, 1.54) is 5.56 Å². The molecule has 0 saturated carbocycles. The van der Waals surface area contributed by atoms with Gasteiger partial charge in [-0.05, 0) is 38.5 Å². The Labute approximate surface area is 113 Å². The summed E-state index contributed by atoms with van der Waals surface area (Å²) in [5.74, 6) is 0. The molecule has 0 bridgehead atoms. The summed E-state index contributed by atoms with van der Waals surface area (Å²) in [7, 11) is 0. The first-order valence-electron chi connectivity index (χ1n) is 6.66. The van der Waals surface area contributed by atoms with E-state index in [9.17, 15) is 4.79 Å². The van der Waals surface area contributed by atoms with Crippen molar-refractivity contribution in [1.82, 2.24) is 9.13 Å². The average Bonchev–Trinajstić information content (AvgIpc) is 2.71. The van der Waals surface area contributed by atoms with Crippen LogP contribution in [-0.4, -0.2) is 15.7 Å². The molecule has 0 amide bonds. The zero-order chi connectivity index (χ0) is 13.8. The van der Waals surface area contributed by atoms with Crippen LogP contribution in [0.15, 0.2) is 41.5 Å². The molecule has 0 fully saturated rings. The largest absolute Gasteiger partial charge is 0.383 e. The van der Waals surface area contributed by atoms with Crippen molar-refractivity contribution in [2.45, 2.75) is 33.4 Å². The van der Waals surface area contributed by atoms with E-state index < -0.39 is 0 Å². The molecule has 1 aromatic heterocycles. The van der Waals surface area contributed by atoms with Crippen molar-refractivity contribution in [3.63, 3.8) is 0 Å². The van der Waals surface area contributed by atoms with Crippen LogP contribution in [-0.2, 0) is 6.54 Å². The van der Waals surface area contributed by atoms with Gasteiger partial charge in [-0.3, -0.25) is 9.13 Å². The number of aromatic nitrogens is 2. The molecule has 1 heterocycles. The topological polar surface area (TPSA) is 39.0 Å². The summed E-state index contributed by atoms with van der Waals surface area (Å²) < 4.78 is 3.48. The van der Waals surface area contributed by atoms with E-state index in [2.05, 4.69) is 24.4 Å². The third-order valence-electron chi connectivity index (χ3n) is 3.13. The summed E-state index contributed by atoms with van der Waals surface area (Å²) in [6.45, 7) is 7.50. The molecule has 0 aliphatic heterocycles. The third kappa shape index (κ3) is 3.28. The van der Waals surface area contributed by atoms with Gasteiger partial charge in [0.25, 0.3) is 0 Å². The van der Waals surface area contributed by atoms with Crippen molar-refractivity contribution in [2.24, 2.45) is 0 Å². The third-order valence-corrected chi connectivity index (χ3v) is 3.13. The second-order valence-corrected chi connectivity index (χ2v) is 5.07. The fraction of sp³-hybridized carbons (Fsp3) is 0.400. The van der Waals surface area contributed by atoms with E-state index >= 15 is 0 Å². The highest BCUT2D eigenvalue weighted by atomic mass is 16.1. The van der Waals surface area contributed by atoms with Gasteiger partial charge >= 0.3 is 5.69 Å². The van der Waals surface area contributed by atoms with Gasteiger partial charge in [0, 0.05) is 37.2 Å². The first-order chi connectivity index (χ1) is 9.08. The minimum atomic E-state index is 0.0565. The Morgan fingerprint density at radius 3 is 2.68 bits per heavy atom. The second kappa shape index (κ2) is 5.78. The van der Waals surface area contributed by atoms with Crippen LogP contribution >= 0.6 is 0 Å². The minimum absolute atomic E-state index is 0.0565. The highest BCUT2D eigenvalue weighted by Gasteiger charge is 2.05. The molecule has 4 nitrogen and oxygen atoms in total. The highest BCUT2D eigenvalue weighted by Crippen LogP contribution is 2.08. The molecule has 1 aromatic carbocycles. The van der Waals surface area contributed by atoms with Crippen LogP contribution in [0.3, 0.4) is 0 Å². The number of nitrogens with one attached hydrogen (secondary N) is 1. The normalized spacial score (nSPS) is 10.9. The molecule has 0 radical (unpaired) electrons. The minimum Gasteiger partial charge on any atom is -0.383 e. The molecule has 2 aromatic rings. The van der Waals surface area contributed by atoms with Crippen molar-refractivity contribution in [3.05, 3.63) is 52.7 Å². The Bertz CT molecular complexity index is 595. The molecule has 0 saturated heterocycles. The summed E-state index contributed by atoms with van der Waals surface area (Å²) in [6.07, 6.45) is 3.69. The molecule has 0 aliphatic carbocycles. The van der Waals surface area contributed by atoms with Crippen LogP contribution in [0, 0.1) is 6.92 Å². The SMILES string of the molecule is Cc1cccc(NCCn2ccn(C(C)C)c2=O)c1. The lowest BCUT2D eigenvalue weighted by molar-refractivity contribution is 0.555. The molecule has 0 spiro atoms. The average molecular weight is 259 g/mol. The predicted octanol–water partition coefficient (Wildman–Crippen LogP) is 2.65. The Hall–Kier alpha value is -1.97. The Morgan fingerprint density at radius 1 is 1.26 bits per heavy atom.